The Balaban J connectivity index is 1.62. The quantitative estimate of drug-likeness (QED) is 0.678. The normalized spacial score (nSPS) is 12.0. The highest BCUT2D eigenvalue weighted by Gasteiger charge is 2.12. The molecule has 1 aromatic carbocycles. The molecule has 2 heterocycles. The van der Waals surface area contributed by atoms with Gasteiger partial charge in [0.05, 0.1) is 18.4 Å². The van der Waals surface area contributed by atoms with Crippen LogP contribution in [-0.2, 0) is 11.3 Å². The van der Waals surface area contributed by atoms with Gasteiger partial charge in [-0.25, -0.2) is 9.78 Å². The summed E-state index contributed by atoms with van der Waals surface area (Å²) >= 11 is 0. The Hall–Kier alpha value is -2.89. The molecule has 112 valence electrons. The van der Waals surface area contributed by atoms with Crippen molar-refractivity contribution in [1.29, 1.82) is 0 Å². The van der Waals surface area contributed by atoms with Gasteiger partial charge >= 0.3 is 5.97 Å². The second kappa shape index (κ2) is 6.26. The summed E-state index contributed by atoms with van der Waals surface area (Å²) in [4.78, 5) is 16.1. The molecule has 0 aliphatic heterocycles. The minimum atomic E-state index is -0.336. The van der Waals surface area contributed by atoms with Crippen LogP contribution in [0.3, 0.4) is 0 Å². The van der Waals surface area contributed by atoms with E-state index in [1.165, 1.54) is 0 Å². The van der Waals surface area contributed by atoms with Crippen molar-refractivity contribution < 1.29 is 9.53 Å². The first kappa shape index (κ1) is 14.1. The number of benzene rings is 1. The fourth-order valence-electron chi connectivity index (χ4n) is 2.14. The highest BCUT2D eigenvalue weighted by Crippen LogP contribution is 2.11. The third-order valence-electron chi connectivity index (χ3n) is 3.22. The molecule has 6 heteroatoms. The maximum Gasteiger partial charge on any atom is 0.338 e. The molecule has 0 spiro atoms. The summed E-state index contributed by atoms with van der Waals surface area (Å²) in [5.74, 6) is -0.336. The number of carbonyl (C=O) groups excluding carboxylic acids is 1. The highest BCUT2D eigenvalue weighted by molar-refractivity contribution is 5.89. The zero-order valence-electron chi connectivity index (χ0n) is 12.2. The SMILES string of the molecule is C[C@H](Cn1cccn1)OC(=O)c1ccc(-n2ccnc2)cc1. The van der Waals surface area contributed by atoms with Gasteiger partial charge in [-0.05, 0) is 37.3 Å². The average Bonchev–Trinajstić information content (AvgIpc) is 3.20. The molecule has 0 radical (unpaired) electrons. The first-order chi connectivity index (χ1) is 10.7. The van der Waals surface area contributed by atoms with Crippen LogP contribution >= 0.6 is 0 Å². The van der Waals surface area contributed by atoms with Gasteiger partial charge in [-0.2, -0.15) is 5.10 Å². The molecule has 22 heavy (non-hydrogen) atoms. The first-order valence-electron chi connectivity index (χ1n) is 6.99. The van der Waals surface area contributed by atoms with Crippen LogP contribution in [0.1, 0.15) is 17.3 Å². The van der Waals surface area contributed by atoms with Crippen molar-refractivity contribution in [2.75, 3.05) is 0 Å². The van der Waals surface area contributed by atoms with E-state index in [0.29, 0.717) is 12.1 Å². The molecule has 1 atom stereocenters. The standard InChI is InChI=1S/C16H16N4O2/c1-13(11-20-9-2-7-18-20)22-16(21)14-3-5-15(6-4-14)19-10-8-17-12-19/h2-10,12-13H,11H2,1H3/t13-/m1/s1. The number of carbonyl (C=O) groups is 1. The lowest BCUT2D eigenvalue weighted by molar-refractivity contribution is 0.0299. The molecule has 3 rings (SSSR count). The van der Waals surface area contributed by atoms with Gasteiger partial charge in [0.1, 0.15) is 6.10 Å². The van der Waals surface area contributed by atoms with E-state index < -0.39 is 0 Å². The number of rotatable bonds is 5. The van der Waals surface area contributed by atoms with Crippen molar-refractivity contribution in [2.24, 2.45) is 0 Å². The highest BCUT2D eigenvalue weighted by atomic mass is 16.5. The van der Waals surface area contributed by atoms with Crippen LogP contribution < -0.4 is 0 Å². The fraction of sp³-hybridized carbons (Fsp3) is 0.188. The topological polar surface area (TPSA) is 61.9 Å². The van der Waals surface area contributed by atoms with E-state index in [9.17, 15) is 4.79 Å². The monoisotopic (exact) mass is 296 g/mol. The molecule has 0 N–H and O–H groups in total. The Bertz CT molecular complexity index is 718. The van der Waals surface area contributed by atoms with Crippen molar-refractivity contribution in [3.8, 4) is 5.69 Å². The molecule has 0 bridgehead atoms. The molecule has 3 aromatic rings. The van der Waals surface area contributed by atoms with Crippen LogP contribution in [0, 0.1) is 0 Å². The third-order valence-corrected chi connectivity index (χ3v) is 3.22. The lowest BCUT2D eigenvalue weighted by Gasteiger charge is -2.13. The van der Waals surface area contributed by atoms with E-state index in [4.69, 9.17) is 4.74 Å². The predicted octanol–water partition coefficient (Wildman–Crippen LogP) is 2.31. The van der Waals surface area contributed by atoms with Crippen LogP contribution in [0.25, 0.3) is 5.69 Å². The average molecular weight is 296 g/mol. The molecular formula is C16H16N4O2. The summed E-state index contributed by atoms with van der Waals surface area (Å²) in [5.41, 5.74) is 1.47. The minimum Gasteiger partial charge on any atom is -0.457 e. The summed E-state index contributed by atoms with van der Waals surface area (Å²) in [5, 5.41) is 4.09. The van der Waals surface area contributed by atoms with E-state index in [2.05, 4.69) is 10.1 Å². The molecule has 0 saturated heterocycles. The minimum absolute atomic E-state index is 0.249. The second-order valence-electron chi connectivity index (χ2n) is 4.96. The van der Waals surface area contributed by atoms with Crippen molar-refractivity contribution >= 4 is 5.97 Å². The summed E-state index contributed by atoms with van der Waals surface area (Å²) in [6, 6.07) is 9.05. The van der Waals surface area contributed by atoms with Gasteiger partial charge in [-0.1, -0.05) is 0 Å². The smallest absolute Gasteiger partial charge is 0.338 e. The Morgan fingerprint density at radius 3 is 2.68 bits per heavy atom. The molecule has 0 unspecified atom stereocenters. The lowest BCUT2D eigenvalue weighted by atomic mass is 10.2. The van der Waals surface area contributed by atoms with Crippen molar-refractivity contribution in [1.82, 2.24) is 19.3 Å². The van der Waals surface area contributed by atoms with Crippen molar-refractivity contribution in [3.63, 3.8) is 0 Å². The zero-order valence-corrected chi connectivity index (χ0v) is 12.2. The van der Waals surface area contributed by atoms with Crippen LogP contribution in [-0.4, -0.2) is 31.4 Å². The Morgan fingerprint density at radius 1 is 1.23 bits per heavy atom. The molecule has 2 aromatic heterocycles. The Morgan fingerprint density at radius 2 is 2.05 bits per heavy atom. The van der Waals surface area contributed by atoms with E-state index in [1.807, 2.05) is 42.1 Å². The van der Waals surface area contributed by atoms with E-state index in [1.54, 1.807) is 35.5 Å². The molecular weight excluding hydrogens is 280 g/mol. The number of esters is 1. The van der Waals surface area contributed by atoms with Crippen LogP contribution in [0.5, 0.6) is 0 Å². The molecule has 6 nitrogen and oxygen atoms in total. The maximum absolute atomic E-state index is 12.1. The van der Waals surface area contributed by atoms with Crippen LogP contribution in [0.2, 0.25) is 0 Å². The van der Waals surface area contributed by atoms with Gasteiger partial charge < -0.3 is 9.30 Å². The number of nitrogens with zero attached hydrogens (tertiary/aromatic N) is 4. The zero-order chi connectivity index (χ0) is 15.4. The van der Waals surface area contributed by atoms with Gasteiger partial charge in [0.25, 0.3) is 0 Å². The van der Waals surface area contributed by atoms with E-state index >= 15 is 0 Å². The number of hydrogen-bond donors (Lipinski definition) is 0. The summed E-state index contributed by atoms with van der Waals surface area (Å²) < 4.78 is 9.03. The molecule has 0 saturated carbocycles. The molecule has 0 aliphatic carbocycles. The van der Waals surface area contributed by atoms with E-state index in [-0.39, 0.29) is 12.1 Å². The number of hydrogen-bond acceptors (Lipinski definition) is 4. The Kier molecular flexibility index (Phi) is 4.00. The summed E-state index contributed by atoms with van der Waals surface area (Å²) in [7, 11) is 0. The maximum atomic E-state index is 12.1. The lowest BCUT2D eigenvalue weighted by Crippen LogP contribution is -2.21. The van der Waals surface area contributed by atoms with Gasteiger partial charge in [0.15, 0.2) is 0 Å². The van der Waals surface area contributed by atoms with Gasteiger partial charge in [-0.3, -0.25) is 4.68 Å². The predicted molar refractivity (Wildman–Crippen MR) is 80.7 cm³/mol. The van der Waals surface area contributed by atoms with E-state index in [0.717, 1.165) is 5.69 Å². The molecule has 0 fully saturated rings. The van der Waals surface area contributed by atoms with Crippen molar-refractivity contribution in [3.05, 3.63) is 67.0 Å². The van der Waals surface area contributed by atoms with Crippen molar-refractivity contribution in [2.45, 2.75) is 19.6 Å². The second-order valence-corrected chi connectivity index (χ2v) is 4.96. The van der Waals surface area contributed by atoms with Gasteiger partial charge in [0, 0.05) is 30.5 Å². The molecule has 0 amide bonds. The van der Waals surface area contributed by atoms with Gasteiger partial charge in [0.2, 0.25) is 0 Å². The third kappa shape index (κ3) is 3.22. The van der Waals surface area contributed by atoms with Crippen LogP contribution in [0.15, 0.2) is 61.4 Å². The number of aromatic nitrogens is 4. The van der Waals surface area contributed by atoms with Crippen LogP contribution in [0.4, 0.5) is 0 Å². The summed E-state index contributed by atoms with van der Waals surface area (Å²) in [6.45, 7) is 2.38. The molecule has 0 aliphatic rings. The Labute approximate surface area is 128 Å². The number of imidazole rings is 1. The largest absolute Gasteiger partial charge is 0.457 e. The fourth-order valence-corrected chi connectivity index (χ4v) is 2.14. The summed E-state index contributed by atoms with van der Waals surface area (Å²) in [6.07, 6.45) is 8.55. The first-order valence-corrected chi connectivity index (χ1v) is 6.99. The number of ether oxygens (including phenoxy) is 1. The van der Waals surface area contributed by atoms with Gasteiger partial charge in [-0.15, -0.1) is 0 Å².